The van der Waals surface area contributed by atoms with Crippen molar-refractivity contribution < 1.29 is 27.9 Å². The average molecular weight is 500 g/mol. The second kappa shape index (κ2) is 8.76. The number of hydrogen-bond donors (Lipinski definition) is 3. The number of alkyl halides is 2. The molecule has 0 radical (unpaired) electrons. The Morgan fingerprint density at radius 2 is 2.14 bits per heavy atom. The highest BCUT2D eigenvalue weighted by atomic mass is 19.3. The predicted molar refractivity (Wildman–Crippen MR) is 124 cm³/mol. The van der Waals surface area contributed by atoms with Crippen molar-refractivity contribution >= 4 is 28.6 Å². The van der Waals surface area contributed by atoms with Crippen molar-refractivity contribution in [3.63, 3.8) is 0 Å². The molecule has 1 aliphatic carbocycles. The first-order chi connectivity index (χ1) is 17.1. The van der Waals surface area contributed by atoms with Crippen LogP contribution in [0.3, 0.4) is 0 Å². The minimum Gasteiger partial charge on any atom is -0.434 e. The van der Waals surface area contributed by atoms with Gasteiger partial charge in [0.25, 0.3) is 5.91 Å². The number of nitriles is 1. The molecule has 0 spiro atoms. The van der Waals surface area contributed by atoms with Gasteiger partial charge < -0.3 is 25.3 Å². The molecule has 0 unspecified atom stereocenters. The number of piperidine rings is 1. The number of benzene rings is 1. The Hall–Kier alpha value is -3.68. The van der Waals surface area contributed by atoms with Crippen LogP contribution in [-0.4, -0.2) is 59.4 Å². The van der Waals surface area contributed by atoms with Crippen molar-refractivity contribution in [2.45, 2.75) is 45.4 Å². The Morgan fingerprint density at radius 3 is 2.81 bits per heavy atom. The van der Waals surface area contributed by atoms with Gasteiger partial charge in [0.2, 0.25) is 11.8 Å². The van der Waals surface area contributed by atoms with Crippen molar-refractivity contribution in [1.29, 1.82) is 5.26 Å². The molecule has 1 aromatic carbocycles. The van der Waals surface area contributed by atoms with E-state index < -0.39 is 30.5 Å². The molecular weight excluding hydrogens is 472 g/mol. The Balaban J connectivity index is 1.37. The fraction of sp³-hybridized carbons (Fsp3) is 0.520. The van der Waals surface area contributed by atoms with Crippen LogP contribution in [0.1, 0.15) is 37.2 Å². The molecule has 3 N–H and O–H groups in total. The molecule has 9 nitrogen and oxygen atoms in total. The standard InChI is InChI=1S/C25H27F2N5O4/c1-25(2)15-11-32(23(35)17-9-14-16(31-17)4-3-5-18(14)36-24(26)27)20(19(15)25)22(34)30-13(10-28)8-12-6-7-29-21(12)33/h3-5,9,12-13,15,19-20,24,31H,6-8,11H2,1-2H3,(H,29,33)(H,30,34)/t12-,13-,15-,19-,20-/m0/s1. The number of ether oxygens (including phenoxy) is 1. The number of nitrogens with zero attached hydrogens (tertiary/aromatic N) is 2. The maximum absolute atomic E-state index is 13.5. The molecule has 3 fully saturated rings. The van der Waals surface area contributed by atoms with Crippen LogP contribution in [0.5, 0.6) is 5.75 Å². The summed E-state index contributed by atoms with van der Waals surface area (Å²) in [5.74, 6) is -1.31. The lowest BCUT2D eigenvalue weighted by molar-refractivity contribution is -0.127. The predicted octanol–water partition coefficient (Wildman–Crippen LogP) is 2.40. The van der Waals surface area contributed by atoms with Crippen molar-refractivity contribution in [3.05, 3.63) is 30.0 Å². The number of likely N-dealkylation sites (tertiary alicyclic amines) is 1. The Labute approximate surface area is 206 Å². The molecular formula is C25H27F2N5O4. The molecule has 2 aliphatic heterocycles. The van der Waals surface area contributed by atoms with Gasteiger partial charge in [-0.05, 0) is 48.3 Å². The second-order valence-electron chi connectivity index (χ2n) is 10.3. The van der Waals surface area contributed by atoms with Crippen molar-refractivity contribution in [3.8, 4) is 11.8 Å². The zero-order chi connectivity index (χ0) is 25.8. The molecule has 190 valence electrons. The third kappa shape index (κ3) is 4.04. The van der Waals surface area contributed by atoms with Gasteiger partial charge in [-0.25, -0.2) is 0 Å². The van der Waals surface area contributed by atoms with Gasteiger partial charge in [0.05, 0.1) is 6.07 Å². The number of carbonyl (C=O) groups is 3. The monoisotopic (exact) mass is 499 g/mol. The summed E-state index contributed by atoms with van der Waals surface area (Å²) in [7, 11) is 0. The van der Waals surface area contributed by atoms with E-state index >= 15 is 0 Å². The van der Waals surface area contributed by atoms with Gasteiger partial charge in [-0.1, -0.05) is 19.9 Å². The zero-order valence-electron chi connectivity index (χ0n) is 19.9. The minimum absolute atomic E-state index is 0.0506. The normalized spacial score (nSPS) is 26.9. The fourth-order valence-corrected chi connectivity index (χ4v) is 5.95. The van der Waals surface area contributed by atoms with E-state index in [9.17, 15) is 28.4 Å². The van der Waals surface area contributed by atoms with Gasteiger partial charge in [-0.15, -0.1) is 0 Å². The zero-order valence-corrected chi connectivity index (χ0v) is 19.9. The van der Waals surface area contributed by atoms with E-state index in [1.165, 1.54) is 17.0 Å². The van der Waals surface area contributed by atoms with Crippen LogP contribution in [0.15, 0.2) is 24.3 Å². The van der Waals surface area contributed by atoms with E-state index in [4.69, 9.17) is 0 Å². The number of halogens is 2. The number of fused-ring (bicyclic) bond motifs is 2. The highest BCUT2D eigenvalue weighted by Crippen LogP contribution is 2.65. The van der Waals surface area contributed by atoms with E-state index in [1.54, 1.807) is 12.1 Å². The second-order valence-corrected chi connectivity index (χ2v) is 10.3. The summed E-state index contributed by atoms with van der Waals surface area (Å²) in [6, 6.07) is 6.48. The largest absolute Gasteiger partial charge is 0.434 e. The lowest BCUT2D eigenvalue weighted by atomic mass is 9.97. The number of aromatic amines is 1. The van der Waals surface area contributed by atoms with E-state index in [-0.39, 0.29) is 46.9 Å². The highest BCUT2D eigenvalue weighted by Gasteiger charge is 2.69. The summed E-state index contributed by atoms with van der Waals surface area (Å²) in [6.07, 6.45) is 0.817. The molecule has 2 saturated heterocycles. The number of hydrogen-bond acceptors (Lipinski definition) is 5. The molecule has 5 atom stereocenters. The third-order valence-corrected chi connectivity index (χ3v) is 7.96. The number of amides is 3. The first kappa shape index (κ1) is 24.0. The van der Waals surface area contributed by atoms with E-state index in [1.807, 2.05) is 13.8 Å². The molecule has 11 heteroatoms. The minimum atomic E-state index is -3.01. The number of H-pyrrole nitrogens is 1. The van der Waals surface area contributed by atoms with Gasteiger partial charge in [-0.2, -0.15) is 14.0 Å². The van der Waals surface area contributed by atoms with Gasteiger partial charge in [0, 0.05) is 29.9 Å². The van der Waals surface area contributed by atoms with Crippen LogP contribution in [0.25, 0.3) is 10.9 Å². The highest BCUT2D eigenvalue weighted by molar-refractivity contribution is 6.02. The summed E-state index contributed by atoms with van der Waals surface area (Å²) in [4.78, 5) is 43.3. The SMILES string of the molecule is CC1(C)[C@@H]2[C@@H](C(=O)N[C@H](C#N)C[C@@H]3CCNC3=O)N(C(=O)c3cc4c(OC(F)F)cccc4[nH]3)C[C@@H]21. The lowest BCUT2D eigenvalue weighted by Crippen LogP contribution is -2.52. The molecule has 5 rings (SSSR count). The summed E-state index contributed by atoms with van der Waals surface area (Å²) < 4.78 is 30.2. The molecule has 1 aromatic heterocycles. The Bertz CT molecular complexity index is 1270. The summed E-state index contributed by atoms with van der Waals surface area (Å²) in [5.41, 5.74) is 0.485. The Kier molecular flexibility index (Phi) is 5.85. The summed E-state index contributed by atoms with van der Waals surface area (Å²) in [5, 5.41) is 15.4. The lowest BCUT2D eigenvalue weighted by Gasteiger charge is -2.30. The average Bonchev–Trinajstić information content (AvgIpc) is 3.34. The van der Waals surface area contributed by atoms with Crippen molar-refractivity contribution in [2.75, 3.05) is 13.1 Å². The van der Waals surface area contributed by atoms with Crippen LogP contribution < -0.4 is 15.4 Å². The first-order valence-corrected chi connectivity index (χ1v) is 12.0. The number of rotatable bonds is 7. The molecule has 2 aromatic rings. The van der Waals surface area contributed by atoms with Crippen LogP contribution in [0, 0.1) is 34.5 Å². The van der Waals surface area contributed by atoms with Crippen LogP contribution in [-0.2, 0) is 9.59 Å². The van der Waals surface area contributed by atoms with Crippen LogP contribution >= 0.6 is 0 Å². The maximum Gasteiger partial charge on any atom is 0.387 e. The van der Waals surface area contributed by atoms with Crippen molar-refractivity contribution in [2.24, 2.45) is 23.2 Å². The summed E-state index contributed by atoms with van der Waals surface area (Å²) in [6.45, 7) is 2.01. The molecule has 3 amide bonds. The van der Waals surface area contributed by atoms with Gasteiger partial charge in [0.1, 0.15) is 23.5 Å². The van der Waals surface area contributed by atoms with Gasteiger partial charge in [-0.3, -0.25) is 14.4 Å². The van der Waals surface area contributed by atoms with Gasteiger partial charge in [0.15, 0.2) is 0 Å². The van der Waals surface area contributed by atoms with Crippen molar-refractivity contribution in [1.82, 2.24) is 20.5 Å². The molecule has 3 heterocycles. The fourth-order valence-electron chi connectivity index (χ4n) is 5.95. The van der Waals surface area contributed by atoms with E-state index in [2.05, 4.69) is 26.4 Å². The molecule has 36 heavy (non-hydrogen) atoms. The summed E-state index contributed by atoms with van der Waals surface area (Å²) >= 11 is 0. The number of aromatic nitrogens is 1. The smallest absolute Gasteiger partial charge is 0.387 e. The van der Waals surface area contributed by atoms with Gasteiger partial charge >= 0.3 is 6.61 Å². The quantitative estimate of drug-likeness (QED) is 0.539. The van der Waals surface area contributed by atoms with E-state index in [0.717, 1.165) is 0 Å². The first-order valence-electron chi connectivity index (χ1n) is 12.0. The molecule has 1 saturated carbocycles. The number of nitrogens with one attached hydrogen (secondary N) is 3. The Morgan fingerprint density at radius 1 is 1.36 bits per heavy atom. The molecule has 0 bridgehead atoms. The maximum atomic E-state index is 13.5. The third-order valence-electron chi connectivity index (χ3n) is 7.96. The molecule has 3 aliphatic rings. The van der Waals surface area contributed by atoms with Crippen LogP contribution in [0.4, 0.5) is 8.78 Å². The van der Waals surface area contributed by atoms with E-state index in [0.29, 0.717) is 30.4 Å². The number of carbonyl (C=O) groups excluding carboxylic acids is 3. The topological polar surface area (TPSA) is 127 Å². The van der Waals surface area contributed by atoms with Crippen LogP contribution in [0.2, 0.25) is 0 Å².